The van der Waals surface area contributed by atoms with Gasteiger partial charge in [0.1, 0.15) is 0 Å². The first-order valence-electron chi connectivity index (χ1n) is 8.67. The van der Waals surface area contributed by atoms with Crippen LogP contribution in [0.3, 0.4) is 0 Å². The highest BCUT2D eigenvalue weighted by molar-refractivity contribution is 7.92. The normalized spacial score (nSPS) is 11.5. The van der Waals surface area contributed by atoms with E-state index < -0.39 is 10.0 Å². The number of carbonyl (C=O) groups excluding carboxylic acids is 1. The molecule has 1 aromatic rings. The summed E-state index contributed by atoms with van der Waals surface area (Å²) < 4.78 is 25.5. The number of benzene rings is 1. The second-order valence-corrected chi connectivity index (χ2v) is 7.95. The van der Waals surface area contributed by atoms with Crippen molar-refractivity contribution in [3.63, 3.8) is 0 Å². The van der Waals surface area contributed by atoms with Gasteiger partial charge in [-0.25, -0.2) is 8.42 Å². The first-order valence-corrected chi connectivity index (χ1v) is 10.5. The number of anilines is 1. The molecule has 0 aliphatic heterocycles. The smallest absolute Gasteiger partial charge is 0.232 e. The number of rotatable bonds is 10. The minimum atomic E-state index is -3.37. The van der Waals surface area contributed by atoms with E-state index in [1.807, 2.05) is 38.1 Å². The Hall–Kier alpha value is -1.56. The zero-order valence-electron chi connectivity index (χ0n) is 15.2. The molecule has 0 heterocycles. The van der Waals surface area contributed by atoms with Crippen LogP contribution in [0.4, 0.5) is 5.69 Å². The lowest BCUT2D eigenvalue weighted by molar-refractivity contribution is -0.121. The molecule has 0 spiro atoms. The van der Waals surface area contributed by atoms with Crippen molar-refractivity contribution in [1.82, 2.24) is 5.32 Å². The van der Waals surface area contributed by atoms with Gasteiger partial charge in [0.2, 0.25) is 15.9 Å². The van der Waals surface area contributed by atoms with Crippen molar-refractivity contribution >= 4 is 21.6 Å². The third kappa shape index (κ3) is 6.51. The fourth-order valence-electron chi connectivity index (χ4n) is 2.56. The van der Waals surface area contributed by atoms with E-state index in [2.05, 4.69) is 12.2 Å². The van der Waals surface area contributed by atoms with E-state index in [1.165, 1.54) is 10.6 Å². The van der Waals surface area contributed by atoms with Crippen LogP contribution in [0.15, 0.2) is 24.3 Å². The maximum atomic E-state index is 12.1. The molecule has 1 N–H and O–H groups in total. The Bertz CT molecular complexity index is 608. The topological polar surface area (TPSA) is 66.5 Å². The first-order chi connectivity index (χ1) is 11.3. The van der Waals surface area contributed by atoms with Gasteiger partial charge in [-0.15, -0.1) is 0 Å². The molecule has 24 heavy (non-hydrogen) atoms. The van der Waals surface area contributed by atoms with Gasteiger partial charge in [0.05, 0.1) is 11.9 Å². The van der Waals surface area contributed by atoms with Gasteiger partial charge in [0.25, 0.3) is 0 Å². The van der Waals surface area contributed by atoms with Crippen LogP contribution in [0, 0.1) is 0 Å². The monoisotopic (exact) mass is 354 g/mol. The third-order valence-electron chi connectivity index (χ3n) is 4.15. The number of hydrogen-bond acceptors (Lipinski definition) is 3. The molecule has 0 radical (unpaired) electrons. The van der Waals surface area contributed by atoms with E-state index >= 15 is 0 Å². The number of aryl methyl sites for hydroxylation is 1. The van der Waals surface area contributed by atoms with Crippen molar-refractivity contribution in [2.75, 3.05) is 17.1 Å². The molecule has 1 amide bonds. The molecule has 0 aliphatic rings. The van der Waals surface area contributed by atoms with Gasteiger partial charge in [0, 0.05) is 19.0 Å². The summed E-state index contributed by atoms with van der Waals surface area (Å²) in [5, 5.41) is 2.98. The van der Waals surface area contributed by atoms with Crippen LogP contribution in [-0.2, 0) is 21.2 Å². The van der Waals surface area contributed by atoms with Gasteiger partial charge in [-0.05, 0) is 43.4 Å². The van der Waals surface area contributed by atoms with Gasteiger partial charge in [-0.2, -0.15) is 0 Å². The molecule has 0 unspecified atom stereocenters. The highest BCUT2D eigenvalue weighted by atomic mass is 32.2. The highest BCUT2D eigenvalue weighted by Gasteiger charge is 2.18. The predicted octanol–water partition coefficient (Wildman–Crippen LogP) is 3.10. The van der Waals surface area contributed by atoms with Crippen LogP contribution in [0.5, 0.6) is 0 Å². The molecule has 0 aliphatic carbocycles. The number of nitrogens with one attached hydrogen (secondary N) is 1. The lowest BCUT2D eigenvalue weighted by Gasteiger charge is -2.23. The van der Waals surface area contributed by atoms with E-state index in [-0.39, 0.29) is 11.9 Å². The fourth-order valence-corrected chi connectivity index (χ4v) is 3.53. The van der Waals surface area contributed by atoms with Gasteiger partial charge >= 0.3 is 0 Å². The van der Waals surface area contributed by atoms with Gasteiger partial charge in [-0.3, -0.25) is 9.10 Å². The minimum absolute atomic E-state index is 0.0153. The quantitative estimate of drug-likeness (QED) is 0.702. The first kappa shape index (κ1) is 20.5. The van der Waals surface area contributed by atoms with Gasteiger partial charge in [0.15, 0.2) is 0 Å². The second-order valence-electron chi connectivity index (χ2n) is 6.04. The van der Waals surface area contributed by atoms with Gasteiger partial charge in [-0.1, -0.05) is 32.9 Å². The molecule has 0 aromatic heterocycles. The van der Waals surface area contributed by atoms with Crippen LogP contribution >= 0.6 is 0 Å². The Morgan fingerprint density at radius 1 is 1.12 bits per heavy atom. The summed E-state index contributed by atoms with van der Waals surface area (Å²) >= 11 is 0. The fraction of sp³-hybridized carbons (Fsp3) is 0.611. The molecule has 5 nitrogen and oxygen atoms in total. The second kappa shape index (κ2) is 9.67. The van der Waals surface area contributed by atoms with Crippen LogP contribution in [0.25, 0.3) is 0 Å². The average molecular weight is 355 g/mol. The maximum Gasteiger partial charge on any atom is 0.232 e. The van der Waals surface area contributed by atoms with Crippen molar-refractivity contribution in [2.45, 2.75) is 58.9 Å². The summed E-state index contributed by atoms with van der Waals surface area (Å²) in [6.45, 7) is 6.45. The Morgan fingerprint density at radius 3 is 2.17 bits per heavy atom. The molecule has 0 atom stereocenters. The average Bonchev–Trinajstić information content (AvgIpc) is 2.55. The molecule has 0 bridgehead atoms. The summed E-state index contributed by atoms with van der Waals surface area (Å²) in [5.74, 6) is -0.0153. The van der Waals surface area contributed by atoms with E-state index in [0.717, 1.165) is 24.8 Å². The number of sulfonamides is 1. The number of amides is 1. The Balaban J connectivity index is 2.66. The van der Waals surface area contributed by atoms with Crippen LogP contribution < -0.4 is 9.62 Å². The van der Waals surface area contributed by atoms with E-state index in [9.17, 15) is 13.2 Å². The Kier molecular flexibility index (Phi) is 8.25. The van der Waals surface area contributed by atoms with Crippen LogP contribution in [0.1, 0.15) is 52.0 Å². The highest BCUT2D eigenvalue weighted by Crippen LogP contribution is 2.19. The minimum Gasteiger partial charge on any atom is -0.353 e. The zero-order chi connectivity index (χ0) is 18.2. The number of carbonyl (C=O) groups is 1. The van der Waals surface area contributed by atoms with E-state index in [0.29, 0.717) is 25.1 Å². The molecular weight excluding hydrogens is 324 g/mol. The standard InChI is InChI=1S/C18H30N2O3S/c1-5-15-10-12-17(13-11-15)20(24(4,22)23)14-8-9-18(21)19-16(6-2)7-3/h10-13,16H,5-9,14H2,1-4H3,(H,19,21). The van der Waals surface area contributed by atoms with Crippen LogP contribution in [-0.4, -0.2) is 33.2 Å². The number of hydrogen-bond donors (Lipinski definition) is 1. The predicted molar refractivity (Wildman–Crippen MR) is 99.8 cm³/mol. The summed E-state index contributed by atoms with van der Waals surface area (Å²) in [6.07, 6.45) is 4.74. The Labute approximate surface area is 146 Å². The molecular formula is C18H30N2O3S. The summed E-state index contributed by atoms with van der Waals surface area (Å²) in [4.78, 5) is 11.9. The van der Waals surface area contributed by atoms with Crippen LogP contribution in [0.2, 0.25) is 0 Å². The van der Waals surface area contributed by atoms with Gasteiger partial charge < -0.3 is 5.32 Å². The zero-order valence-corrected chi connectivity index (χ0v) is 16.0. The van der Waals surface area contributed by atoms with Crippen molar-refractivity contribution in [3.8, 4) is 0 Å². The van der Waals surface area contributed by atoms with Crippen molar-refractivity contribution < 1.29 is 13.2 Å². The summed E-state index contributed by atoms with van der Waals surface area (Å²) in [5.41, 5.74) is 1.81. The Morgan fingerprint density at radius 2 is 1.71 bits per heavy atom. The lowest BCUT2D eigenvalue weighted by Crippen LogP contribution is -2.35. The maximum absolute atomic E-state index is 12.1. The molecule has 0 saturated heterocycles. The van der Waals surface area contributed by atoms with E-state index in [1.54, 1.807) is 0 Å². The number of nitrogens with zero attached hydrogens (tertiary/aromatic N) is 1. The molecule has 0 fully saturated rings. The van der Waals surface area contributed by atoms with Crippen molar-refractivity contribution in [3.05, 3.63) is 29.8 Å². The third-order valence-corrected chi connectivity index (χ3v) is 5.34. The molecule has 1 aromatic carbocycles. The molecule has 6 heteroatoms. The van der Waals surface area contributed by atoms with Crippen molar-refractivity contribution in [2.24, 2.45) is 0 Å². The summed E-state index contributed by atoms with van der Waals surface area (Å²) in [7, 11) is -3.37. The molecule has 1 rings (SSSR count). The lowest BCUT2D eigenvalue weighted by atomic mass is 10.1. The van der Waals surface area contributed by atoms with E-state index in [4.69, 9.17) is 0 Å². The molecule has 136 valence electrons. The van der Waals surface area contributed by atoms with Crippen molar-refractivity contribution in [1.29, 1.82) is 0 Å². The molecule has 0 saturated carbocycles. The summed E-state index contributed by atoms with van der Waals surface area (Å²) in [6, 6.07) is 7.72. The largest absolute Gasteiger partial charge is 0.353 e. The SMILES string of the molecule is CCc1ccc(N(CCCC(=O)NC(CC)CC)S(C)(=O)=O)cc1.